The molecule has 17 rings (SSSR count). The summed E-state index contributed by atoms with van der Waals surface area (Å²) in [5, 5.41) is 7.56. The van der Waals surface area contributed by atoms with Crippen LogP contribution in [0.5, 0.6) is 0 Å². The molecule has 1 spiro atoms. The Morgan fingerprint density at radius 3 is 1.64 bits per heavy atom. The molecule has 14 aromatic rings. The van der Waals surface area contributed by atoms with E-state index in [4.69, 9.17) is 0 Å². The lowest BCUT2D eigenvalue weighted by molar-refractivity contribution is 0.661. The highest BCUT2D eigenvalue weighted by Crippen LogP contribution is 2.65. The second-order valence-corrected chi connectivity index (χ2v) is 21.2. The minimum Gasteiger partial charge on any atom is -0.354 e. The van der Waals surface area contributed by atoms with Crippen LogP contribution in [0, 0.1) is 0 Å². The summed E-state index contributed by atoms with van der Waals surface area (Å²) in [4.78, 5) is 4.04. The summed E-state index contributed by atoms with van der Waals surface area (Å²) in [5.74, 6) is 0. The Kier molecular flexibility index (Phi) is 7.48. The third-order valence-corrected chi connectivity index (χ3v) is 17.5. The van der Waals surface area contributed by atoms with Crippen LogP contribution in [0.3, 0.4) is 0 Å². The van der Waals surface area contributed by atoms with Crippen LogP contribution in [0.15, 0.2) is 231 Å². The van der Waals surface area contributed by atoms with Crippen molar-refractivity contribution in [2.45, 2.75) is 24.7 Å². The first-order chi connectivity index (χ1) is 36.0. The maximum Gasteiger partial charge on any atom is 0.0727 e. The Morgan fingerprint density at radius 1 is 0.329 bits per heavy atom. The topological polar surface area (TPSA) is 25.6 Å². The van der Waals surface area contributed by atoms with Gasteiger partial charge in [0, 0.05) is 65.8 Å². The van der Waals surface area contributed by atoms with Gasteiger partial charge in [0.15, 0.2) is 0 Å². The SMILES string of the molecule is CC1(C)c2ccccc2-c2cc3c4cc(-c5ccc6[nH]c7c8c(ccc7c6c5)C5(c6ccccc6-8)c6ccccc6-c6c5ccc5c7ccccc7n(-c7ccccc7)c65)ccc4n(-c4ccccc4)c3cc21. The molecule has 3 aromatic heterocycles. The van der Waals surface area contributed by atoms with Gasteiger partial charge in [0.05, 0.1) is 33.0 Å². The molecule has 3 heterocycles. The number of nitrogens with zero attached hydrogens (tertiary/aromatic N) is 2. The molecule has 1 unspecified atom stereocenters. The van der Waals surface area contributed by atoms with Crippen LogP contribution in [0.2, 0.25) is 0 Å². The smallest absolute Gasteiger partial charge is 0.0727 e. The van der Waals surface area contributed by atoms with Crippen LogP contribution in [0.4, 0.5) is 0 Å². The van der Waals surface area contributed by atoms with Crippen molar-refractivity contribution < 1.29 is 0 Å². The minimum atomic E-state index is -0.507. The molecule has 0 saturated heterocycles. The van der Waals surface area contributed by atoms with E-state index in [1.807, 2.05) is 0 Å². The van der Waals surface area contributed by atoms with Crippen LogP contribution in [0.1, 0.15) is 47.2 Å². The van der Waals surface area contributed by atoms with Gasteiger partial charge in [-0.2, -0.15) is 0 Å². The van der Waals surface area contributed by atoms with E-state index in [-0.39, 0.29) is 5.41 Å². The summed E-state index contributed by atoms with van der Waals surface area (Å²) in [5.41, 5.74) is 27.5. The molecule has 73 heavy (non-hydrogen) atoms. The normalized spacial score (nSPS) is 15.7. The largest absolute Gasteiger partial charge is 0.354 e. The number of rotatable bonds is 3. The Balaban J connectivity index is 0.879. The first-order valence-electron chi connectivity index (χ1n) is 25.7. The van der Waals surface area contributed by atoms with Crippen molar-refractivity contribution in [2.75, 3.05) is 0 Å². The standard InChI is InChI=1S/C70H45N3/c1-69(2)55-25-13-9-21-45(55)51-39-54-53-38-42(30-36-63(53)72(64(54)40-60(51)69)43-17-5-3-6-18-43)41-29-35-61-52(37-41)47-31-33-58-65(67(47)71-61)49-23-10-14-26-56(49)70(58)57-27-15-11-24-50(57)66-59(70)34-32-48-46-22-12-16-28-62(46)73(68(48)66)44-19-7-4-8-20-44/h3-40,71H,1-2H3. The van der Waals surface area contributed by atoms with Crippen LogP contribution >= 0.6 is 0 Å². The van der Waals surface area contributed by atoms with E-state index < -0.39 is 5.41 Å². The third-order valence-electron chi connectivity index (χ3n) is 17.5. The van der Waals surface area contributed by atoms with E-state index in [0.717, 1.165) is 5.52 Å². The predicted octanol–water partition coefficient (Wildman–Crippen LogP) is 17.8. The number of aromatic amines is 1. The van der Waals surface area contributed by atoms with Crippen molar-refractivity contribution >= 4 is 65.4 Å². The average molecular weight is 928 g/mol. The molecule has 0 saturated carbocycles. The second kappa shape index (κ2) is 13.8. The maximum absolute atomic E-state index is 4.04. The molecule has 0 fully saturated rings. The van der Waals surface area contributed by atoms with Gasteiger partial charge in [-0.05, 0) is 133 Å². The quantitative estimate of drug-likeness (QED) is 0.183. The fraction of sp³-hybridized carbons (Fsp3) is 0.0571. The molecule has 3 nitrogen and oxygen atoms in total. The molecule has 0 radical (unpaired) electrons. The van der Waals surface area contributed by atoms with Gasteiger partial charge in [-0.15, -0.1) is 0 Å². The molecular formula is C70H45N3. The summed E-state index contributed by atoms with van der Waals surface area (Å²) < 4.78 is 4.97. The van der Waals surface area contributed by atoms with Crippen LogP contribution in [0.25, 0.3) is 121 Å². The van der Waals surface area contributed by atoms with Gasteiger partial charge < -0.3 is 14.1 Å². The van der Waals surface area contributed by atoms with Crippen molar-refractivity contribution in [1.29, 1.82) is 0 Å². The van der Waals surface area contributed by atoms with Crippen molar-refractivity contribution in [3.05, 3.63) is 264 Å². The van der Waals surface area contributed by atoms with Crippen molar-refractivity contribution in [1.82, 2.24) is 14.1 Å². The highest BCUT2D eigenvalue weighted by atomic mass is 15.0. The van der Waals surface area contributed by atoms with E-state index >= 15 is 0 Å². The molecule has 3 aliphatic carbocycles. The lowest BCUT2D eigenvalue weighted by Gasteiger charge is -2.30. The monoisotopic (exact) mass is 927 g/mol. The summed E-state index contributed by atoms with van der Waals surface area (Å²) in [6.07, 6.45) is 0. The number of benzene rings is 11. The Morgan fingerprint density at radius 2 is 0.890 bits per heavy atom. The Bertz CT molecular complexity index is 4750. The van der Waals surface area contributed by atoms with Crippen LogP contribution in [-0.2, 0) is 10.8 Å². The summed E-state index contributed by atoms with van der Waals surface area (Å²) in [7, 11) is 0. The van der Waals surface area contributed by atoms with Gasteiger partial charge >= 0.3 is 0 Å². The number of fused-ring (bicyclic) bond motifs is 24. The lowest BCUT2D eigenvalue weighted by Crippen LogP contribution is -2.25. The average Bonchev–Trinajstić information content (AvgIpc) is 4.37. The molecule has 1 N–H and O–H groups in total. The number of nitrogens with one attached hydrogen (secondary N) is 1. The number of hydrogen-bond donors (Lipinski definition) is 1. The van der Waals surface area contributed by atoms with E-state index in [1.54, 1.807) is 0 Å². The first kappa shape index (κ1) is 39.5. The minimum absolute atomic E-state index is 0.0927. The fourth-order valence-electron chi connectivity index (χ4n) is 14.4. The zero-order chi connectivity index (χ0) is 47.9. The van der Waals surface area contributed by atoms with Gasteiger partial charge in [-0.25, -0.2) is 0 Å². The molecule has 1 atom stereocenters. The third kappa shape index (κ3) is 4.85. The number of para-hydroxylation sites is 3. The van der Waals surface area contributed by atoms with Crippen molar-refractivity contribution in [3.8, 4) is 55.9 Å². The van der Waals surface area contributed by atoms with E-state index in [0.29, 0.717) is 0 Å². The zero-order valence-corrected chi connectivity index (χ0v) is 40.3. The van der Waals surface area contributed by atoms with Crippen molar-refractivity contribution in [2.24, 2.45) is 0 Å². The van der Waals surface area contributed by atoms with Gasteiger partial charge in [0.2, 0.25) is 0 Å². The van der Waals surface area contributed by atoms with Gasteiger partial charge in [0.1, 0.15) is 0 Å². The molecule has 11 aromatic carbocycles. The molecule has 340 valence electrons. The zero-order valence-electron chi connectivity index (χ0n) is 40.3. The van der Waals surface area contributed by atoms with Gasteiger partial charge in [-0.3, -0.25) is 0 Å². The maximum atomic E-state index is 4.04. The Labute approximate surface area is 421 Å². The molecule has 0 amide bonds. The summed E-state index contributed by atoms with van der Waals surface area (Å²) in [6.45, 7) is 4.75. The summed E-state index contributed by atoms with van der Waals surface area (Å²) >= 11 is 0. The summed E-state index contributed by atoms with van der Waals surface area (Å²) in [6, 6.07) is 86.9. The van der Waals surface area contributed by atoms with Crippen LogP contribution in [-0.4, -0.2) is 14.1 Å². The molecule has 0 bridgehead atoms. The van der Waals surface area contributed by atoms with Gasteiger partial charge in [0.25, 0.3) is 0 Å². The molecular weight excluding hydrogens is 883 g/mol. The second-order valence-electron chi connectivity index (χ2n) is 21.2. The molecule has 3 aliphatic rings. The highest BCUT2D eigenvalue weighted by Gasteiger charge is 2.53. The molecule has 3 heteroatoms. The first-order valence-corrected chi connectivity index (χ1v) is 25.7. The number of hydrogen-bond acceptors (Lipinski definition) is 0. The lowest BCUT2D eigenvalue weighted by atomic mass is 9.70. The van der Waals surface area contributed by atoms with Crippen LogP contribution < -0.4 is 0 Å². The van der Waals surface area contributed by atoms with E-state index in [9.17, 15) is 0 Å². The number of H-pyrrole nitrogens is 1. The predicted molar refractivity (Wildman–Crippen MR) is 304 cm³/mol. The Hall–Kier alpha value is -9.18. The fourth-order valence-corrected chi connectivity index (χ4v) is 14.4. The van der Waals surface area contributed by atoms with Gasteiger partial charge in [-0.1, -0.05) is 178 Å². The van der Waals surface area contributed by atoms with E-state index in [1.165, 1.54) is 149 Å². The van der Waals surface area contributed by atoms with Crippen molar-refractivity contribution in [3.63, 3.8) is 0 Å². The highest BCUT2D eigenvalue weighted by molar-refractivity contribution is 6.19. The van der Waals surface area contributed by atoms with E-state index in [2.05, 4.69) is 258 Å². The molecule has 0 aliphatic heterocycles. The number of aromatic nitrogens is 3.